The van der Waals surface area contributed by atoms with Crippen LogP contribution < -0.4 is 5.32 Å². The van der Waals surface area contributed by atoms with Crippen LogP contribution in [0.4, 0.5) is 0 Å². The standard InChI is InChI=1S/C15H21Cl2NO/c1-14(10-19-3)9-18-7-6-15(14,2)11-4-5-12(16)13(17)8-11/h4-5,8,18H,6-7,9-10H2,1-3H3/t14-,15+/m0/s1. The van der Waals surface area contributed by atoms with Gasteiger partial charge in [-0.05, 0) is 30.7 Å². The molecule has 1 fully saturated rings. The zero-order valence-electron chi connectivity index (χ0n) is 11.7. The Bertz CT molecular complexity index is 461. The van der Waals surface area contributed by atoms with E-state index in [9.17, 15) is 0 Å². The summed E-state index contributed by atoms with van der Waals surface area (Å²) >= 11 is 12.2. The molecule has 2 atom stereocenters. The Morgan fingerprint density at radius 1 is 1.26 bits per heavy atom. The van der Waals surface area contributed by atoms with Crippen molar-refractivity contribution in [2.24, 2.45) is 5.41 Å². The van der Waals surface area contributed by atoms with Gasteiger partial charge in [-0.1, -0.05) is 43.1 Å². The van der Waals surface area contributed by atoms with Gasteiger partial charge in [0.1, 0.15) is 0 Å². The normalized spacial score (nSPS) is 31.4. The number of piperidine rings is 1. The van der Waals surface area contributed by atoms with E-state index < -0.39 is 0 Å². The summed E-state index contributed by atoms with van der Waals surface area (Å²) in [5, 5.41) is 4.70. The molecule has 1 aromatic rings. The third-order valence-electron chi connectivity index (χ3n) is 4.67. The first kappa shape index (κ1) is 15.1. The van der Waals surface area contributed by atoms with Gasteiger partial charge >= 0.3 is 0 Å². The molecule has 0 unspecified atom stereocenters. The first-order valence-electron chi connectivity index (χ1n) is 6.58. The highest BCUT2D eigenvalue weighted by atomic mass is 35.5. The predicted octanol–water partition coefficient (Wildman–Crippen LogP) is 3.90. The topological polar surface area (TPSA) is 21.3 Å². The van der Waals surface area contributed by atoms with E-state index in [4.69, 9.17) is 27.9 Å². The number of benzene rings is 1. The van der Waals surface area contributed by atoms with Crippen LogP contribution in [0.25, 0.3) is 0 Å². The second-order valence-corrected chi connectivity index (χ2v) is 6.70. The number of nitrogens with one attached hydrogen (secondary N) is 1. The van der Waals surface area contributed by atoms with Gasteiger partial charge in [0.05, 0.1) is 16.7 Å². The number of halogens is 2. The Labute approximate surface area is 125 Å². The summed E-state index contributed by atoms with van der Waals surface area (Å²) < 4.78 is 5.46. The van der Waals surface area contributed by atoms with Crippen LogP contribution in [0.5, 0.6) is 0 Å². The lowest BCUT2D eigenvalue weighted by Crippen LogP contribution is -2.56. The molecule has 1 aliphatic rings. The molecule has 19 heavy (non-hydrogen) atoms. The van der Waals surface area contributed by atoms with Crippen LogP contribution in [0.15, 0.2) is 18.2 Å². The lowest BCUT2D eigenvalue weighted by molar-refractivity contribution is 0.0114. The zero-order chi connectivity index (χ0) is 14.1. The minimum Gasteiger partial charge on any atom is -0.384 e. The molecule has 1 aliphatic heterocycles. The van der Waals surface area contributed by atoms with Crippen molar-refractivity contribution in [3.63, 3.8) is 0 Å². The van der Waals surface area contributed by atoms with Crippen LogP contribution in [0.3, 0.4) is 0 Å². The quantitative estimate of drug-likeness (QED) is 0.914. The molecule has 0 spiro atoms. The molecule has 4 heteroatoms. The molecule has 2 rings (SSSR count). The molecule has 0 bridgehead atoms. The Morgan fingerprint density at radius 3 is 2.63 bits per heavy atom. The van der Waals surface area contributed by atoms with Crippen LogP contribution >= 0.6 is 23.2 Å². The Kier molecular flexibility index (Phi) is 4.46. The summed E-state index contributed by atoms with van der Waals surface area (Å²) in [4.78, 5) is 0. The van der Waals surface area contributed by atoms with E-state index in [0.717, 1.165) is 26.1 Å². The minimum absolute atomic E-state index is 0.0302. The number of methoxy groups -OCH3 is 1. The first-order chi connectivity index (χ1) is 8.93. The van der Waals surface area contributed by atoms with Crippen molar-refractivity contribution in [1.29, 1.82) is 0 Å². The summed E-state index contributed by atoms with van der Waals surface area (Å²) in [5.41, 5.74) is 1.31. The maximum Gasteiger partial charge on any atom is 0.0595 e. The van der Waals surface area contributed by atoms with Gasteiger partial charge in [0.25, 0.3) is 0 Å². The van der Waals surface area contributed by atoms with Crippen LogP contribution in [0, 0.1) is 5.41 Å². The molecule has 0 aromatic heterocycles. The Morgan fingerprint density at radius 2 is 2.00 bits per heavy atom. The predicted molar refractivity (Wildman–Crippen MR) is 81.3 cm³/mol. The SMILES string of the molecule is COC[C@]1(C)CNCC[C@]1(C)c1ccc(Cl)c(Cl)c1. The molecular formula is C15H21Cl2NO. The number of hydrogen-bond acceptors (Lipinski definition) is 2. The molecule has 0 aliphatic carbocycles. The van der Waals surface area contributed by atoms with Crippen LogP contribution in [-0.4, -0.2) is 26.8 Å². The molecule has 1 N–H and O–H groups in total. The highest BCUT2D eigenvalue weighted by Gasteiger charge is 2.47. The lowest BCUT2D eigenvalue weighted by atomic mass is 9.59. The van der Waals surface area contributed by atoms with Crippen molar-refractivity contribution in [2.75, 3.05) is 26.8 Å². The maximum atomic E-state index is 6.19. The third-order valence-corrected chi connectivity index (χ3v) is 5.41. The summed E-state index contributed by atoms with van der Waals surface area (Å²) in [7, 11) is 1.76. The van der Waals surface area contributed by atoms with Crippen molar-refractivity contribution in [3.05, 3.63) is 33.8 Å². The summed E-state index contributed by atoms with van der Waals surface area (Å²) in [5.74, 6) is 0. The van der Waals surface area contributed by atoms with E-state index in [1.54, 1.807) is 7.11 Å². The molecular weight excluding hydrogens is 281 g/mol. The zero-order valence-corrected chi connectivity index (χ0v) is 13.2. The summed E-state index contributed by atoms with van der Waals surface area (Å²) in [6.07, 6.45) is 1.06. The Hall–Kier alpha value is -0.280. The van der Waals surface area contributed by atoms with E-state index in [1.165, 1.54) is 5.56 Å². The maximum absolute atomic E-state index is 6.19. The van der Waals surface area contributed by atoms with E-state index in [-0.39, 0.29) is 10.8 Å². The largest absolute Gasteiger partial charge is 0.384 e. The van der Waals surface area contributed by atoms with Crippen molar-refractivity contribution < 1.29 is 4.74 Å². The van der Waals surface area contributed by atoms with Crippen LogP contribution in [-0.2, 0) is 10.2 Å². The van der Waals surface area contributed by atoms with Crippen LogP contribution in [0.2, 0.25) is 10.0 Å². The van der Waals surface area contributed by atoms with E-state index in [2.05, 4.69) is 25.2 Å². The molecule has 1 saturated heterocycles. The first-order valence-corrected chi connectivity index (χ1v) is 7.34. The van der Waals surface area contributed by atoms with Gasteiger partial charge in [0.2, 0.25) is 0 Å². The fourth-order valence-corrected chi connectivity index (χ4v) is 3.36. The van der Waals surface area contributed by atoms with Gasteiger partial charge in [-0.25, -0.2) is 0 Å². The van der Waals surface area contributed by atoms with Gasteiger partial charge in [0.15, 0.2) is 0 Å². The third kappa shape index (κ3) is 2.64. The van der Waals surface area contributed by atoms with Crippen molar-refractivity contribution in [1.82, 2.24) is 5.32 Å². The molecule has 1 aromatic carbocycles. The monoisotopic (exact) mass is 301 g/mol. The number of ether oxygens (including phenoxy) is 1. The molecule has 2 nitrogen and oxygen atoms in total. The van der Waals surface area contributed by atoms with Crippen molar-refractivity contribution in [3.8, 4) is 0 Å². The fraction of sp³-hybridized carbons (Fsp3) is 0.600. The molecule has 0 saturated carbocycles. The van der Waals surface area contributed by atoms with Gasteiger partial charge in [0, 0.05) is 24.5 Å². The highest BCUT2D eigenvalue weighted by Crippen LogP contribution is 2.47. The van der Waals surface area contributed by atoms with E-state index >= 15 is 0 Å². The van der Waals surface area contributed by atoms with E-state index in [1.807, 2.05) is 12.1 Å². The van der Waals surface area contributed by atoms with Crippen molar-refractivity contribution in [2.45, 2.75) is 25.7 Å². The van der Waals surface area contributed by atoms with Crippen LogP contribution in [0.1, 0.15) is 25.8 Å². The average Bonchev–Trinajstić information content (AvgIpc) is 2.37. The molecule has 106 valence electrons. The van der Waals surface area contributed by atoms with Gasteiger partial charge in [-0.15, -0.1) is 0 Å². The highest BCUT2D eigenvalue weighted by molar-refractivity contribution is 6.42. The number of rotatable bonds is 3. The smallest absolute Gasteiger partial charge is 0.0595 e. The fourth-order valence-electron chi connectivity index (χ4n) is 3.06. The average molecular weight is 302 g/mol. The molecule has 0 radical (unpaired) electrons. The summed E-state index contributed by atoms with van der Waals surface area (Å²) in [6, 6.07) is 5.98. The second-order valence-electron chi connectivity index (χ2n) is 5.88. The molecule has 0 amide bonds. The van der Waals surface area contributed by atoms with Crippen molar-refractivity contribution >= 4 is 23.2 Å². The Balaban J connectivity index is 2.44. The second kappa shape index (κ2) is 5.61. The van der Waals surface area contributed by atoms with Gasteiger partial charge < -0.3 is 10.1 Å². The summed E-state index contributed by atoms with van der Waals surface area (Å²) in [6.45, 7) is 7.24. The number of hydrogen-bond donors (Lipinski definition) is 1. The lowest BCUT2D eigenvalue weighted by Gasteiger charge is -2.50. The minimum atomic E-state index is 0.0302. The van der Waals surface area contributed by atoms with Gasteiger partial charge in [-0.2, -0.15) is 0 Å². The van der Waals surface area contributed by atoms with Gasteiger partial charge in [-0.3, -0.25) is 0 Å². The van der Waals surface area contributed by atoms with E-state index in [0.29, 0.717) is 10.0 Å². The molecule has 1 heterocycles.